The number of fused-ring (bicyclic) bond motifs is 1. The van der Waals surface area contributed by atoms with Crippen molar-refractivity contribution >= 4 is 34.1 Å². The Labute approximate surface area is 125 Å². The number of hydrogen-bond donors (Lipinski definition) is 0. The summed E-state index contributed by atoms with van der Waals surface area (Å²) in [5.74, 6) is -0.191. The Bertz CT molecular complexity index is 818. The average molecular weight is 307 g/mol. The second-order valence-corrected chi connectivity index (χ2v) is 5.20. The zero-order valence-corrected chi connectivity index (χ0v) is 12.0. The molecule has 1 aromatic heterocycles. The number of aromatic nitrogens is 2. The fraction of sp³-hybridized carbons (Fsp3) is 0.0667. The SMILES string of the molecule is Cc1ccc2nc(-c3cccc(F)c3Cl)nc(Cl)c2c1. The summed E-state index contributed by atoms with van der Waals surface area (Å²) in [5, 5.41) is 1.09. The van der Waals surface area contributed by atoms with Crippen molar-refractivity contribution < 1.29 is 4.39 Å². The van der Waals surface area contributed by atoms with E-state index in [-0.39, 0.29) is 5.02 Å². The van der Waals surface area contributed by atoms with Crippen molar-refractivity contribution in [2.24, 2.45) is 0 Å². The molecule has 3 aromatic rings. The largest absolute Gasteiger partial charge is 0.228 e. The van der Waals surface area contributed by atoms with E-state index in [2.05, 4.69) is 9.97 Å². The standard InChI is InChI=1S/C15H9Cl2FN2/c1-8-5-6-12-10(7-8)14(17)20-15(19-12)9-3-2-4-11(18)13(9)16/h2-7H,1H3. The molecule has 0 saturated heterocycles. The lowest BCUT2D eigenvalue weighted by atomic mass is 10.1. The molecule has 0 spiro atoms. The van der Waals surface area contributed by atoms with Gasteiger partial charge in [0.1, 0.15) is 11.0 Å². The van der Waals surface area contributed by atoms with Gasteiger partial charge in [-0.15, -0.1) is 0 Å². The van der Waals surface area contributed by atoms with Crippen molar-refractivity contribution in [1.82, 2.24) is 9.97 Å². The minimum atomic E-state index is -0.507. The molecule has 0 radical (unpaired) electrons. The summed E-state index contributed by atoms with van der Waals surface area (Å²) in [7, 11) is 0. The van der Waals surface area contributed by atoms with Gasteiger partial charge in [-0.25, -0.2) is 14.4 Å². The van der Waals surface area contributed by atoms with Gasteiger partial charge in [0.2, 0.25) is 0 Å². The lowest BCUT2D eigenvalue weighted by Crippen LogP contribution is -1.94. The van der Waals surface area contributed by atoms with E-state index in [1.54, 1.807) is 12.1 Å². The zero-order chi connectivity index (χ0) is 14.3. The second-order valence-electron chi connectivity index (χ2n) is 4.46. The van der Waals surface area contributed by atoms with Gasteiger partial charge in [-0.3, -0.25) is 0 Å². The van der Waals surface area contributed by atoms with Crippen LogP contribution in [0.5, 0.6) is 0 Å². The van der Waals surface area contributed by atoms with E-state index in [0.29, 0.717) is 22.1 Å². The molecule has 0 aliphatic heterocycles. The monoisotopic (exact) mass is 306 g/mol. The highest BCUT2D eigenvalue weighted by molar-refractivity contribution is 6.35. The molecule has 1 heterocycles. The van der Waals surface area contributed by atoms with Crippen LogP contribution in [0.3, 0.4) is 0 Å². The van der Waals surface area contributed by atoms with E-state index in [9.17, 15) is 4.39 Å². The third-order valence-electron chi connectivity index (χ3n) is 3.00. The first-order chi connectivity index (χ1) is 9.56. The van der Waals surface area contributed by atoms with Crippen LogP contribution in [0.1, 0.15) is 5.56 Å². The van der Waals surface area contributed by atoms with Crippen molar-refractivity contribution in [1.29, 1.82) is 0 Å². The molecule has 0 N–H and O–H groups in total. The molecule has 0 aliphatic rings. The van der Waals surface area contributed by atoms with Crippen LogP contribution in [-0.2, 0) is 0 Å². The normalized spacial score (nSPS) is 11.0. The van der Waals surface area contributed by atoms with Crippen LogP contribution < -0.4 is 0 Å². The van der Waals surface area contributed by atoms with E-state index in [0.717, 1.165) is 10.9 Å². The van der Waals surface area contributed by atoms with Gasteiger partial charge >= 0.3 is 0 Å². The van der Waals surface area contributed by atoms with Crippen LogP contribution in [0.15, 0.2) is 36.4 Å². The molecule has 0 saturated carbocycles. The fourth-order valence-corrected chi connectivity index (χ4v) is 2.44. The van der Waals surface area contributed by atoms with E-state index < -0.39 is 5.82 Å². The molecule has 2 nitrogen and oxygen atoms in total. The van der Waals surface area contributed by atoms with E-state index in [1.165, 1.54) is 6.07 Å². The number of hydrogen-bond acceptors (Lipinski definition) is 2. The van der Waals surface area contributed by atoms with Crippen molar-refractivity contribution in [3.05, 3.63) is 58.0 Å². The summed E-state index contributed by atoms with van der Waals surface area (Å²) < 4.78 is 13.5. The van der Waals surface area contributed by atoms with Crippen LogP contribution in [0.2, 0.25) is 10.2 Å². The zero-order valence-electron chi connectivity index (χ0n) is 10.5. The summed E-state index contributed by atoms with van der Waals surface area (Å²) >= 11 is 12.1. The minimum absolute atomic E-state index is 0.00460. The quantitative estimate of drug-likeness (QED) is 0.588. The molecule has 0 bridgehead atoms. The Kier molecular flexibility index (Phi) is 3.32. The molecule has 0 unspecified atom stereocenters. The molecular weight excluding hydrogens is 298 g/mol. The van der Waals surface area contributed by atoms with E-state index >= 15 is 0 Å². The van der Waals surface area contributed by atoms with E-state index in [1.807, 2.05) is 25.1 Å². The van der Waals surface area contributed by atoms with Crippen LogP contribution in [0.25, 0.3) is 22.3 Å². The Morgan fingerprint density at radius 3 is 2.65 bits per heavy atom. The number of nitrogens with zero attached hydrogens (tertiary/aromatic N) is 2. The third kappa shape index (κ3) is 2.23. The Hall–Kier alpha value is -1.71. The molecule has 2 aromatic carbocycles. The van der Waals surface area contributed by atoms with Crippen LogP contribution in [0.4, 0.5) is 4.39 Å². The molecular formula is C15H9Cl2FN2. The molecule has 5 heteroatoms. The van der Waals surface area contributed by atoms with Gasteiger partial charge in [0, 0.05) is 10.9 Å². The summed E-state index contributed by atoms with van der Waals surface area (Å²) in [6, 6.07) is 10.2. The highest BCUT2D eigenvalue weighted by Gasteiger charge is 2.13. The van der Waals surface area contributed by atoms with Crippen molar-refractivity contribution in [2.45, 2.75) is 6.92 Å². The maximum Gasteiger partial charge on any atom is 0.163 e. The highest BCUT2D eigenvalue weighted by Crippen LogP contribution is 2.30. The summed E-state index contributed by atoms with van der Waals surface area (Å²) in [6.07, 6.45) is 0. The summed E-state index contributed by atoms with van der Waals surface area (Å²) in [4.78, 5) is 8.62. The molecule has 0 amide bonds. The lowest BCUT2D eigenvalue weighted by molar-refractivity contribution is 0.628. The highest BCUT2D eigenvalue weighted by atomic mass is 35.5. The maximum atomic E-state index is 13.5. The second kappa shape index (κ2) is 5.00. The topological polar surface area (TPSA) is 25.8 Å². The van der Waals surface area contributed by atoms with Crippen molar-refractivity contribution in [3.8, 4) is 11.4 Å². The molecule has 0 aliphatic carbocycles. The Balaban J connectivity index is 2.28. The fourth-order valence-electron chi connectivity index (χ4n) is 2.00. The van der Waals surface area contributed by atoms with Crippen molar-refractivity contribution in [3.63, 3.8) is 0 Å². The Morgan fingerprint density at radius 1 is 1.05 bits per heavy atom. The van der Waals surface area contributed by atoms with Crippen LogP contribution in [0, 0.1) is 12.7 Å². The number of halogens is 3. The van der Waals surface area contributed by atoms with Gasteiger partial charge in [0.25, 0.3) is 0 Å². The first kappa shape index (κ1) is 13.3. The van der Waals surface area contributed by atoms with Crippen LogP contribution in [-0.4, -0.2) is 9.97 Å². The van der Waals surface area contributed by atoms with Gasteiger partial charge in [-0.2, -0.15) is 0 Å². The molecule has 3 rings (SSSR count). The maximum absolute atomic E-state index is 13.5. The Morgan fingerprint density at radius 2 is 1.85 bits per heavy atom. The van der Waals surface area contributed by atoms with Gasteiger partial charge < -0.3 is 0 Å². The number of rotatable bonds is 1. The lowest BCUT2D eigenvalue weighted by Gasteiger charge is -2.07. The molecule has 0 atom stereocenters. The van der Waals surface area contributed by atoms with Gasteiger partial charge in [0.15, 0.2) is 5.82 Å². The third-order valence-corrected chi connectivity index (χ3v) is 3.67. The minimum Gasteiger partial charge on any atom is -0.228 e. The molecule has 100 valence electrons. The first-order valence-electron chi connectivity index (χ1n) is 5.94. The van der Waals surface area contributed by atoms with Gasteiger partial charge in [0.05, 0.1) is 10.5 Å². The number of aryl methyl sites for hydroxylation is 1. The van der Waals surface area contributed by atoms with E-state index in [4.69, 9.17) is 23.2 Å². The first-order valence-corrected chi connectivity index (χ1v) is 6.70. The van der Waals surface area contributed by atoms with Gasteiger partial charge in [-0.1, -0.05) is 40.9 Å². The smallest absolute Gasteiger partial charge is 0.163 e. The predicted molar refractivity (Wildman–Crippen MR) is 79.7 cm³/mol. The average Bonchev–Trinajstić information content (AvgIpc) is 2.42. The number of benzene rings is 2. The summed E-state index contributed by atoms with van der Waals surface area (Å²) in [6.45, 7) is 1.97. The van der Waals surface area contributed by atoms with Crippen molar-refractivity contribution in [2.75, 3.05) is 0 Å². The van der Waals surface area contributed by atoms with Gasteiger partial charge in [-0.05, 0) is 31.2 Å². The molecule has 20 heavy (non-hydrogen) atoms. The predicted octanol–water partition coefficient (Wildman–Crippen LogP) is 5.05. The molecule has 0 fully saturated rings. The summed E-state index contributed by atoms with van der Waals surface area (Å²) in [5.41, 5.74) is 2.20. The van der Waals surface area contributed by atoms with Crippen LogP contribution >= 0.6 is 23.2 Å².